The lowest BCUT2D eigenvalue weighted by atomic mass is 10.1. The molecule has 1 atom stereocenters. The molecule has 3 heterocycles. The molecule has 1 amide bonds. The van der Waals surface area contributed by atoms with Gasteiger partial charge in [0.05, 0.1) is 11.4 Å². The van der Waals surface area contributed by atoms with Crippen LogP contribution in [-0.2, 0) is 0 Å². The van der Waals surface area contributed by atoms with Crippen molar-refractivity contribution in [1.82, 2.24) is 10.2 Å². The molecule has 0 radical (unpaired) electrons. The fraction of sp³-hybridized carbons (Fsp3) is 0.364. The zero-order valence-electron chi connectivity index (χ0n) is 16.2. The maximum Gasteiger partial charge on any atom is 0.287 e. The van der Waals surface area contributed by atoms with E-state index in [1.807, 2.05) is 26.0 Å². The lowest BCUT2D eigenvalue weighted by Gasteiger charge is -2.26. The molecule has 1 fully saturated rings. The molecule has 1 saturated heterocycles. The van der Waals surface area contributed by atoms with E-state index >= 15 is 0 Å². The van der Waals surface area contributed by atoms with Crippen LogP contribution >= 0.6 is 11.3 Å². The summed E-state index contributed by atoms with van der Waals surface area (Å²) < 4.78 is 5.82. The number of thiophene rings is 1. The van der Waals surface area contributed by atoms with Crippen LogP contribution in [0.5, 0.6) is 0 Å². The summed E-state index contributed by atoms with van der Waals surface area (Å²) in [5.74, 6) is -0.282. The lowest BCUT2D eigenvalue weighted by molar-refractivity contribution is 0.0911. The highest BCUT2D eigenvalue weighted by molar-refractivity contribution is 7.10. The predicted octanol–water partition coefficient (Wildman–Crippen LogP) is 4.04. The molecule has 0 unspecified atom stereocenters. The number of benzene rings is 1. The van der Waals surface area contributed by atoms with Crippen LogP contribution in [0.15, 0.2) is 44.9 Å². The number of carbonyl (C=O) groups excluding carboxylic acids is 1. The Bertz CT molecular complexity index is 1050. The molecule has 1 N–H and O–H groups in total. The van der Waals surface area contributed by atoms with Crippen LogP contribution in [0.4, 0.5) is 0 Å². The van der Waals surface area contributed by atoms with Crippen LogP contribution in [0.25, 0.3) is 11.0 Å². The number of rotatable bonds is 5. The maximum absolute atomic E-state index is 12.7. The summed E-state index contributed by atoms with van der Waals surface area (Å²) in [4.78, 5) is 28.9. The zero-order chi connectivity index (χ0) is 19.7. The summed E-state index contributed by atoms with van der Waals surface area (Å²) in [5, 5.41) is 5.56. The Hall–Kier alpha value is -2.44. The topological polar surface area (TPSA) is 62.6 Å². The number of hydrogen-bond acceptors (Lipinski definition) is 5. The van der Waals surface area contributed by atoms with Crippen LogP contribution in [0.1, 0.15) is 45.4 Å². The summed E-state index contributed by atoms with van der Waals surface area (Å²) in [6.45, 7) is 6.41. The number of hydrogen-bond donors (Lipinski definition) is 1. The first kappa shape index (κ1) is 18.9. The number of nitrogens with zero attached hydrogens (tertiary/aromatic N) is 1. The van der Waals surface area contributed by atoms with E-state index in [1.165, 1.54) is 23.8 Å². The van der Waals surface area contributed by atoms with Gasteiger partial charge in [-0.2, -0.15) is 0 Å². The molecular weight excluding hydrogens is 372 g/mol. The summed E-state index contributed by atoms with van der Waals surface area (Å²) >= 11 is 1.71. The van der Waals surface area contributed by atoms with Crippen molar-refractivity contribution in [2.45, 2.75) is 32.7 Å². The molecular formula is C22H24N2O3S. The van der Waals surface area contributed by atoms with Gasteiger partial charge < -0.3 is 9.73 Å². The van der Waals surface area contributed by atoms with Crippen molar-refractivity contribution in [3.63, 3.8) is 0 Å². The SMILES string of the molecule is Cc1cc(C)c2oc(C(=O)NC[C@@H](c3cccs3)N3CCCC3)cc(=O)c2c1. The Labute approximate surface area is 168 Å². The fourth-order valence-corrected chi connectivity index (χ4v) is 4.80. The lowest BCUT2D eigenvalue weighted by Crippen LogP contribution is -2.36. The highest BCUT2D eigenvalue weighted by atomic mass is 32.1. The summed E-state index contributed by atoms with van der Waals surface area (Å²) in [6.07, 6.45) is 2.38. The van der Waals surface area contributed by atoms with Gasteiger partial charge in [0.15, 0.2) is 11.2 Å². The van der Waals surface area contributed by atoms with E-state index in [0.29, 0.717) is 17.5 Å². The molecule has 5 nitrogen and oxygen atoms in total. The fourth-order valence-electron chi connectivity index (χ4n) is 3.94. The van der Waals surface area contributed by atoms with E-state index in [9.17, 15) is 9.59 Å². The second-order valence-corrected chi connectivity index (χ2v) is 8.40. The predicted molar refractivity (Wildman–Crippen MR) is 112 cm³/mol. The van der Waals surface area contributed by atoms with Crippen molar-refractivity contribution in [2.24, 2.45) is 0 Å². The van der Waals surface area contributed by atoms with Crippen LogP contribution in [0.3, 0.4) is 0 Å². The van der Waals surface area contributed by atoms with Gasteiger partial charge in [-0.3, -0.25) is 14.5 Å². The van der Waals surface area contributed by atoms with Gasteiger partial charge >= 0.3 is 0 Å². The number of aryl methyl sites for hydroxylation is 2. The van der Waals surface area contributed by atoms with Gasteiger partial charge in [0, 0.05) is 17.5 Å². The molecule has 146 valence electrons. The number of carbonyl (C=O) groups is 1. The third-order valence-corrected chi connectivity index (χ3v) is 6.26. The minimum atomic E-state index is -0.347. The Balaban J connectivity index is 1.57. The van der Waals surface area contributed by atoms with E-state index in [0.717, 1.165) is 24.2 Å². The van der Waals surface area contributed by atoms with Gasteiger partial charge in [0.25, 0.3) is 5.91 Å². The largest absolute Gasteiger partial charge is 0.450 e. The molecule has 28 heavy (non-hydrogen) atoms. The molecule has 1 aliphatic rings. The highest BCUT2D eigenvalue weighted by Gasteiger charge is 2.25. The van der Waals surface area contributed by atoms with Crippen molar-refractivity contribution < 1.29 is 9.21 Å². The molecule has 0 bridgehead atoms. The van der Waals surface area contributed by atoms with Crippen molar-refractivity contribution in [2.75, 3.05) is 19.6 Å². The first-order valence-corrected chi connectivity index (χ1v) is 10.5. The Morgan fingerprint density at radius 3 is 2.75 bits per heavy atom. The monoisotopic (exact) mass is 396 g/mol. The first-order valence-electron chi connectivity index (χ1n) is 9.63. The summed E-state index contributed by atoms with van der Waals surface area (Å²) in [7, 11) is 0. The van der Waals surface area contributed by atoms with E-state index in [2.05, 4.69) is 21.7 Å². The van der Waals surface area contributed by atoms with Gasteiger partial charge in [0.1, 0.15) is 5.58 Å². The molecule has 0 aliphatic carbocycles. The second-order valence-electron chi connectivity index (χ2n) is 7.42. The number of amides is 1. The number of likely N-dealkylation sites (tertiary alicyclic amines) is 1. The van der Waals surface area contributed by atoms with E-state index in [4.69, 9.17) is 4.42 Å². The second kappa shape index (κ2) is 7.89. The van der Waals surface area contributed by atoms with Gasteiger partial charge in [-0.1, -0.05) is 12.1 Å². The summed E-state index contributed by atoms with van der Waals surface area (Å²) in [6, 6.07) is 9.36. The summed E-state index contributed by atoms with van der Waals surface area (Å²) in [5.41, 5.74) is 2.15. The molecule has 0 saturated carbocycles. The van der Waals surface area contributed by atoms with Gasteiger partial charge in [-0.25, -0.2) is 0 Å². The normalized spacial score (nSPS) is 15.8. The Morgan fingerprint density at radius 1 is 1.25 bits per heavy atom. The minimum absolute atomic E-state index is 0.0656. The van der Waals surface area contributed by atoms with Crippen molar-refractivity contribution in [3.05, 3.63) is 67.7 Å². The average Bonchev–Trinajstić information content (AvgIpc) is 3.37. The number of fused-ring (bicyclic) bond motifs is 1. The third-order valence-electron chi connectivity index (χ3n) is 5.29. The minimum Gasteiger partial charge on any atom is -0.450 e. The van der Waals surface area contributed by atoms with Gasteiger partial charge in [-0.15, -0.1) is 11.3 Å². The van der Waals surface area contributed by atoms with Crippen LogP contribution in [-0.4, -0.2) is 30.4 Å². The van der Waals surface area contributed by atoms with Crippen molar-refractivity contribution >= 4 is 28.2 Å². The van der Waals surface area contributed by atoms with Crippen LogP contribution in [0, 0.1) is 13.8 Å². The van der Waals surface area contributed by atoms with E-state index < -0.39 is 0 Å². The van der Waals surface area contributed by atoms with E-state index in [1.54, 1.807) is 17.4 Å². The first-order chi connectivity index (χ1) is 13.5. The molecule has 3 aromatic rings. The zero-order valence-corrected chi connectivity index (χ0v) is 17.0. The smallest absolute Gasteiger partial charge is 0.287 e. The quantitative estimate of drug-likeness (QED) is 0.707. The highest BCUT2D eigenvalue weighted by Crippen LogP contribution is 2.28. The van der Waals surface area contributed by atoms with E-state index in [-0.39, 0.29) is 23.1 Å². The Kier molecular flexibility index (Phi) is 5.33. The molecule has 0 spiro atoms. The van der Waals surface area contributed by atoms with Gasteiger partial charge in [0.2, 0.25) is 0 Å². The third kappa shape index (κ3) is 3.75. The molecule has 1 aromatic carbocycles. The van der Waals surface area contributed by atoms with Crippen molar-refractivity contribution in [3.8, 4) is 0 Å². The van der Waals surface area contributed by atoms with Crippen LogP contribution < -0.4 is 10.7 Å². The standard InChI is InChI=1S/C22H24N2O3S/c1-14-10-15(2)21-16(11-14)18(25)12-19(27-21)22(26)23-13-17(20-6-5-9-28-20)24-7-3-4-8-24/h5-6,9-12,17H,3-4,7-8,13H2,1-2H3,(H,23,26)/t17-/m0/s1. The van der Waals surface area contributed by atoms with Crippen LogP contribution in [0.2, 0.25) is 0 Å². The maximum atomic E-state index is 12.7. The van der Waals surface area contributed by atoms with Gasteiger partial charge in [-0.05, 0) is 68.4 Å². The van der Waals surface area contributed by atoms with Crippen molar-refractivity contribution in [1.29, 1.82) is 0 Å². The molecule has 1 aliphatic heterocycles. The molecule has 2 aromatic heterocycles. The molecule has 6 heteroatoms. The average molecular weight is 397 g/mol. The molecule has 4 rings (SSSR count). The number of nitrogens with one attached hydrogen (secondary N) is 1. The Morgan fingerprint density at radius 2 is 2.04 bits per heavy atom.